The summed E-state index contributed by atoms with van der Waals surface area (Å²) in [6.45, 7) is 2.49. The van der Waals surface area contributed by atoms with Gasteiger partial charge in [0.05, 0.1) is 5.02 Å². The first-order valence-electron chi connectivity index (χ1n) is 8.77. The number of amides is 1. The maximum Gasteiger partial charge on any atom is 0.262 e. The molecule has 0 radical (unpaired) electrons. The summed E-state index contributed by atoms with van der Waals surface area (Å²) in [6, 6.07) is 20.4. The minimum absolute atomic E-state index is 0.117. The standard InChI is InChI=1S/C22H20Cl2N2O2/c1-15-7-9-17(23)12-20(15)25-13-16-8-10-21(19(24)11-16)28-14-22(27)26-18-5-3-2-4-6-18/h2-12,25H,13-14H2,1H3,(H,26,27). The first-order valence-corrected chi connectivity index (χ1v) is 9.53. The van der Waals surface area contributed by atoms with Gasteiger partial charge in [0.1, 0.15) is 5.75 Å². The SMILES string of the molecule is Cc1ccc(Cl)cc1NCc1ccc(OCC(=O)Nc2ccccc2)c(Cl)c1. The number of hydrogen-bond acceptors (Lipinski definition) is 3. The smallest absolute Gasteiger partial charge is 0.262 e. The second-order valence-corrected chi connectivity index (χ2v) is 7.12. The Morgan fingerprint density at radius 2 is 1.79 bits per heavy atom. The molecular weight excluding hydrogens is 395 g/mol. The van der Waals surface area contributed by atoms with E-state index < -0.39 is 0 Å². The van der Waals surface area contributed by atoms with Crippen LogP contribution in [0.4, 0.5) is 11.4 Å². The summed E-state index contributed by atoms with van der Waals surface area (Å²) in [5, 5.41) is 7.25. The lowest BCUT2D eigenvalue weighted by atomic mass is 10.1. The van der Waals surface area contributed by atoms with Gasteiger partial charge in [-0.1, -0.05) is 53.5 Å². The van der Waals surface area contributed by atoms with E-state index in [0.717, 1.165) is 22.5 Å². The molecule has 0 aliphatic carbocycles. The monoisotopic (exact) mass is 414 g/mol. The Labute approximate surface area is 174 Å². The number of ether oxygens (including phenoxy) is 1. The zero-order chi connectivity index (χ0) is 19.9. The molecule has 0 aliphatic heterocycles. The van der Waals surface area contributed by atoms with Gasteiger partial charge in [0.25, 0.3) is 5.91 Å². The molecule has 0 saturated heterocycles. The van der Waals surface area contributed by atoms with Gasteiger partial charge in [-0.2, -0.15) is 0 Å². The molecule has 4 nitrogen and oxygen atoms in total. The molecule has 0 aliphatic rings. The van der Waals surface area contributed by atoms with Crippen LogP contribution >= 0.6 is 23.2 Å². The third-order valence-electron chi connectivity index (χ3n) is 4.10. The van der Waals surface area contributed by atoms with E-state index in [-0.39, 0.29) is 12.5 Å². The minimum atomic E-state index is -0.246. The Morgan fingerprint density at radius 3 is 2.54 bits per heavy atom. The van der Waals surface area contributed by atoms with Gasteiger partial charge in [0, 0.05) is 22.9 Å². The van der Waals surface area contributed by atoms with Crippen LogP contribution in [0.5, 0.6) is 5.75 Å². The number of anilines is 2. The zero-order valence-corrected chi connectivity index (χ0v) is 16.8. The van der Waals surface area contributed by atoms with Gasteiger partial charge < -0.3 is 15.4 Å². The number of hydrogen-bond donors (Lipinski definition) is 2. The van der Waals surface area contributed by atoms with Crippen molar-refractivity contribution in [2.75, 3.05) is 17.2 Å². The predicted octanol–water partition coefficient (Wildman–Crippen LogP) is 5.93. The fourth-order valence-corrected chi connectivity index (χ4v) is 3.04. The van der Waals surface area contributed by atoms with Crippen LogP contribution in [-0.4, -0.2) is 12.5 Å². The van der Waals surface area contributed by atoms with Crippen LogP contribution in [0, 0.1) is 6.92 Å². The predicted molar refractivity (Wildman–Crippen MR) is 116 cm³/mol. The molecule has 0 saturated carbocycles. The van der Waals surface area contributed by atoms with Crippen molar-refractivity contribution in [3.05, 3.63) is 87.9 Å². The summed E-state index contributed by atoms with van der Waals surface area (Å²) in [6.07, 6.45) is 0. The Hall–Kier alpha value is -2.69. The highest BCUT2D eigenvalue weighted by Gasteiger charge is 2.08. The van der Waals surface area contributed by atoms with E-state index in [9.17, 15) is 4.79 Å². The molecule has 0 heterocycles. The summed E-state index contributed by atoms with van der Waals surface area (Å²) >= 11 is 12.4. The van der Waals surface area contributed by atoms with Crippen molar-refractivity contribution in [2.45, 2.75) is 13.5 Å². The summed E-state index contributed by atoms with van der Waals surface area (Å²) < 4.78 is 5.54. The van der Waals surface area contributed by atoms with Crippen LogP contribution in [0.25, 0.3) is 0 Å². The maximum atomic E-state index is 12.0. The summed E-state index contributed by atoms with van der Waals surface area (Å²) in [7, 11) is 0. The van der Waals surface area contributed by atoms with E-state index in [4.69, 9.17) is 27.9 Å². The molecule has 3 aromatic carbocycles. The quantitative estimate of drug-likeness (QED) is 0.503. The van der Waals surface area contributed by atoms with E-state index in [1.807, 2.05) is 67.6 Å². The zero-order valence-electron chi connectivity index (χ0n) is 15.3. The van der Waals surface area contributed by atoms with Crippen molar-refractivity contribution in [3.63, 3.8) is 0 Å². The lowest BCUT2D eigenvalue weighted by Gasteiger charge is -2.12. The molecule has 0 spiro atoms. The highest BCUT2D eigenvalue weighted by molar-refractivity contribution is 6.32. The summed E-state index contributed by atoms with van der Waals surface area (Å²) in [5.41, 5.74) is 3.80. The number of carbonyl (C=O) groups is 1. The number of carbonyl (C=O) groups excluding carboxylic acids is 1. The van der Waals surface area contributed by atoms with Crippen molar-refractivity contribution in [1.82, 2.24) is 0 Å². The number of aryl methyl sites for hydroxylation is 1. The van der Waals surface area contributed by atoms with E-state index in [1.165, 1.54) is 0 Å². The topological polar surface area (TPSA) is 50.4 Å². The van der Waals surface area contributed by atoms with Crippen molar-refractivity contribution < 1.29 is 9.53 Å². The number of para-hydroxylation sites is 1. The summed E-state index contributed by atoms with van der Waals surface area (Å²) in [5.74, 6) is 0.219. The molecule has 3 rings (SSSR count). The van der Waals surface area contributed by atoms with Crippen LogP contribution in [0.15, 0.2) is 66.7 Å². The molecule has 1 amide bonds. The number of rotatable bonds is 7. The Bertz CT molecular complexity index is 962. The van der Waals surface area contributed by atoms with Crippen molar-refractivity contribution in [1.29, 1.82) is 0 Å². The third-order valence-corrected chi connectivity index (χ3v) is 4.63. The second-order valence-electron chi connectivity index (χ2n) is 6.28. The highest BCUT2D eigenvalue weighted by Crippen LogP contribution is 2.27. The highest BCUT2D eigenvalue weighted by atomic mass is 35.5. The van der Waals surface area contributed by atoms with Gasteiger partial charge in [-0.15, -0.1) is 0 Å². The molecular formula is C22H20Cl2N2O2. The number of halogens is 2. The van der Waals surface area contributed by atoms with E-state index in [1.54, 1.807) is 6.07 Å². The van der Waals surface area contributed by atoms with Crippen LogP contribution in [0.3, 0.4) is 0 Å². The van der Waals surface area contributed by atoms with Crippen LogP contribution in [-0.2, 0) is 11.3 Å². The molecule has 0 aromatic heterocycles. The Kier molecular flexibility index (Phi) is 6.80. The van der Waals surface area contributed by atoms with Crippen molar-refractivity contribution >= 4 is 40.5 Å². The number of nitrogens with one attached hydrogen (secondary N) is 2. The van der Waals surface area contributed by atoms with Crippen LogP contribution in [0.1, 0.15) is 11.1 Å². The fourth-order valence-electron chi connectivity index (χ4n) is 2.62. The normalized spacial score (nSPS) is 10.4. The maximum absolute atomic E-state index is 12.0. The molecule has 0 bridgehead atoms. The second kappa shape index (κ2) is 9.49. The van der Waals surface area contributed by atoms with Crippen LogP contribution < -0.4 is 15.4 Å². The van der Waals surface area contributed by atoms with E-state index >= 15 is 0 Å². The fraction of sp³-hybridized carbons (Fsp3) is 0.136. The van der Waals surface area contributed by atoms with Gasteiger partial charge in [0.15, 0.2) is 6.61 Å². The average Bonchev–Trinajstić information content (AvgIpc) is 2.68. The van der Waals surface area contributed by atoms with Gasteiger partial charge in [-0.3, -0.25) is 4.79 Å². The van der Waals surface area contributed by atoms with Gasteiger partial charge in [-0.05, 0) is 54.4 Å². The third kappa shape index (κ3) is 5.65. The molecule has 28 heavy (non-hydrogen) atoms. The summed E-state index contributed by atoms with van der Waals surface area (Å²) in [4.78, 5) is 12.0. The lowest BCUT2D eigenvalue weighted by Crippen LogP contribution is -2.20. The van der Waals surface area contributed by atoms with Gasteiger partial charge in [0.2, 0.25) is 0 Å². The molecule has 0 fully saturated rings. The first-order chi connectivity index (χ1) is 13.5. The Morgan fingerprint density at radius 1 is 1.00 bits per heavy atom. The average molecular weight is 415 g/mol. The molecule has 0 atom stereocenters. The van der Waals surface area contributed by atoms with Crippen LogP contribution in [0.2, 0.25) is 10.0 Å². The molecule has 3 aromatic rings. The molecule has 0 unspecified atom stereocenters. The van der Waals surface area contributed by atoms with Crippen molar-refractivity contribution in [3.8, 4) is 5.75 Å². The van der Waals surface area contributed by atoms with Gasteiger partial charge in [-0.25, -0.2) is 0 Å². The minimum Gasteiger partial charge on any atom is -0.482 e. The molecule has 2 N–H and O–H groups in total. The Balaban J connectivity index is 1.55. The lowest BCUT2D eigenvalue weighted by molar-refractivity contribution is -0.118. The molecule has 144 valence electrons. The van der Waals surface area contributed by atoms with Gasteiger partial charge >= 0.3 is 0 Å². The largest absolute Gasteiger partial charge is 0.482 e. The van der Waals surface area contributed by atoms with E-state index in [2.05, 4.69) is 10.6 Å². The number of benzene rings is 3. The first kappa shape index (κ1) is 20.1. The van der Waals surface area contributed by atoms with E-state index in [0.29, 0.717) is 22.3 Å². The molecule has 6 heteroatoms. The van der Waals surface area contributed by atoms with Crippen molar-refractivity contribution in [2.24, 2.45) is 0 Å².